The molecule has 3 heteroatoms. The van der Waals surface area contributed by atoms with Crippen LogP contribution in [0.2, 0.25) is 0 Å². The van der Waals surface area contributed by atoms with Gasteiger partial charge in [-0.3, -0.25) is 0 Å². The second-order valence-electron chi connectivity index (χ2n) is 13.0. The number of nitrogens with zero attached hydrogens (tertiary/aromatic N) is 2. The van der Waals surface area contributed by atoms with Crippen LogP contribution in [0.4, 0.5) is 11.4 Å². The molecule has 2 aliphatic rings. The van der Waals surface area contributed by atoms with E-state index in [1.807, 2.05) is 0 Å². The molecule has 0 saturated heterocycles. The minimum absolute atomic E-state index is 0. The van der Waals surface area contributed by atoms with E-state index in [0.29, 0.717) is 0 Å². The van der Waals surface area contributed by atoms with Gasteiger partial charge in [0.05, 0.1) is 5.41 Å². The number of hydrogen-bond acceptors (Lipinski definition) is 1. The van der Waals surface area contributed by atoms with Crippen molar-refractivity contribution in [2.24, 2.45) is 0 Å². The molecular formula is C41H40IN2+. The topological polar surface area (TPSA) is 6.25 Å². The number of hydrogen-bond donors (Lipinski definition) is 0. The van der Waals surface area contributed by atoms with E-state index < -0.39 is 0 Å². The predicted molar refractivity (Wildman–Crippen MR) is 200 cm³/mol. The van der Waals surface area contributed by atoms with Crippen LogP contribution in [0.3, 0.4) is 0 Å². The third kappa shape index (κ3) is 4.64. The van der Waals surface area contributed by atoms with Crippen molar-refractivity contribution in [1.82, 2.24) is 0 Å². The fourth-order valence-electron chi connectivity index (χ4n) is 7.60. The molecule has 0 saturated carbocycles. The summed E-state index contributed by atoms with van der Waals surface area (Å²) in [6, 6.07) is 37.3. The number of halogens is 1. The summed E-state index contributed by atoms with van der Waals surface area (Å²) >= 11 is 0. The first-order valence-electron chi connectivity index (χ1n) is 15.2. The van der Waals surface area contributed by atoms with Crippen molar-refractivity contribution in [3.63, 3.8) is 0 Å². The van der Waals surface area contributed by atoms with Crippen molar-refractivity contribution in [1.29, 1.82) is 0 Å². The maximum atomic E-state index is 2.37. The maximum Gasteiger partial charge on any atom is 0.210 e. The molecule has 7 rings (SSSR count). The summed E-state index contributed by atoms with van der Waals surface area (Å²) in [5.41, 5.74) is 10.1. The van der Waals surface area contributed by atoms with Crippen LogP contribution in [0.25, 0.3) is 27.1 Å². The molecule has 0 atom stereocenters. The van der Waals surface area contributed by atoms with Gasteiger partial charge in [0.15, 0.2) is 5.71 Å². The van der Waals surface area contributed by atoms with Crippen molar-refractivity contribution in [2.45, 2.75) is 38.5 Å². The molecule has 0 aromatic heterocycles. The van der Waals surface area contributed by atoms with E-state index >= 15 is 0 Å². The van der Waals surface area contributed by atoms with Crippen LogP contribution < -0.4 is 4.90 Å². The summed E-state index contributed by atoms with van der Waals surface area (Å²) in [6.07, 6.45) is 9.27. The zero-order valence-corrected chi connectivity index (χ0v) is 28.8. The first-order valence-corrected chi connectivity index (χ1v) is 15.2. The first kappa shape index (κ1) is 30.1. The molecule has 0 fully saturated rings. The average Bonchev–Trinajstić information content (AvgIpc) is 3.34. The Morgan fingerprint density at radius 1 is 0.682 bits per heavy atom. The lowest BCUT2D eigenvalue weighted by atomic mass is 9.79. The zero-order valence-electron chi connectivity index (χ0n) is 26.4. The van der Waals surface area contributed by atoms with Crippen LogP contribution in [0.15, 0.2) is 133 Å². The second kappa shape index (κ2) is 11.2. The molecule has 220 valence electrons. The Hall–Kier alpha value is -3.96. The van der Waals surface area contributed by atoms with Gasteiger partial charge < -0.3 is 4.90 Å². The lowest BCUT2D eigenvalue weighted by Crippen LogP contribution is -2.26. The number of allylic oxidation sites excluding steroid dienone is 6. The minimum Gasteiger partial charge on any atom is -0.347 e. The van der Waals surface area contributed by atoms with Crippen LogP contribution in [0, 0.1) is 0 Å². The number of rotatable bonds is 4. The second-order valence-corrected chi connectivity index (χ2v) is 13.0. The quantitative estimate of drug-likeness (QED) is 0.104. The molecule has 0 bridgehead atoms. The number of benzene rings is 5. The monoisotopic (exact) mass is 687 g/mol. The summed E-state index contributed by atoms with van der Waals surface area (Å²) in [4.78, 5) is 2.37. The van der Waals surface area contributed by atoms with E-state index in [-0.39, 0.29) is 34.8 Å². The highest BCUT2D eigenvalue weighted by Crippen LogP contribution is 2.50. The third-order valence-corrected chi connectivity index (χ3v) is 9.74. The number of fused-ring (bicyclic) bond motifs is 6. The highest BCUT2D eigenvalue weighted by Gasteiger charge is 2.44. The third-order valence-electron chi connectivity index (χ3n) is 9.74. The standard InChI is InChI=1S/C41H39N2.HI/c1-40(2)36(42(5)34-24-20-30-16-10-12-18-32(30)38(34)40)26-22-29(28-14-8-7-9-15-28)23-27-37-41(3,4)39-33-19-13-11-17-31(33)21-25-35(39)43(37)6;/h7-27H,1-6H3;1H/q+1;. The van der Waals surface area contributed by atoms with Gasteiger partial charge in [-0.2, -0.15) is 4.58 Å². The van der Waals surface area contributed by atoms with Gasteiger partial charge in [0.1, 0.15) is 7.05 Å². The largest absolute Gasteiger partial charge is 0.347 e. The van der Waals surface area contributed by atoms with Gasteiger partial charge in [-0.15, -0.1) is 24.0 Å². The van der Waals surface area contributed by atoms with Gasteiger partial charge in [-0.1, -0.05) is 105 Å². The molecule has 44 heavy (non-hydrogen) atoms. The highest BCUT2D eigenvalue weighted by molar-refractivity contribution is 14.0. The van der Waals surface area contributed by atoms with Crippen molar-refractivity contribution in [3.05, 3.63) is 150 Å². The lowest BCUT2D eigenvalue weighted by Gasteiger charge is -2.24. The predicted octanol–water partition coefficient (Wildman–Crippen LogP) is 10.6. The van der Waals surface area contributed by atoms with Gasteiger partial charge in [0.2, 0.25) is 5.69 Å². The fourth-order valence-corrected chi connectivity index (χ4v) is 7.60. The Morgan fingerprint density at radius 2 is 1.27 bits per heavy atom. The van der Waals surface area contributed by atoms with Crippen molar-refractivity contribution >= 4 is 68.2 Å². The molecular weight excluding hydrogens is 647 g/mol. The summed E-state index contributed by atoms with van der Waals surface area (Å²) in [5, 5.41) is 5.26. The summed E-state index contributed by atoms with van der Waals surface area (Å²) in [7, 11) is 4.40. The molecule has 0 unspecified atom stereocenters. The zero-order chi connectivity index (χ0) is 29.9. The Kier molecular flexibility index (Phi) is 7.65. The number of likely N-dealkylation sites (N-methyl/N-ethyl adjacent to an activating group) is 1. The van der Waals surface area contributed by atoms with Gasteiger partial charge in [0, 0.05) is 41.6 Å². The minimum atomic E-state index is -0.127. The van der Waals surface area contributed by atoms with Gasteiger partial charge >= 0.3 is 0 Å². The smallest absolute Gasteiger partial charge is 0.210 e. The van der Waals surface area contributed by atoms with E-state index in [1.165, 1.54) is 66.6 Å². The van der Waals surface area contributed by atoms with Gasteiger partial charge in [-0.05, 0) is 76.4 Å². The normalized spacial score (nSPS) is 17.9. The molecule has 5 aromatic rings. The summed E-state index contributed by atoms with van der Waals surface area (Å²) in [6.45, 7) is 9.42. The molecule has 2 aliphatic heterocycles. The Labute approximate surface area is 278 Å². The SMILES string of the molecule is CN1/C(=C/C=C(/C=C/C2=[N+](C)c3ccc4ccccc4c3C2(C)C)c2ccccc2)C(C)(C)c2c1ccc1ccccc21.I. The molecule has 0 N–H and O–H groups in total. The first-order chi connectivity index (χ1) is 20.7. The van der Waals surface area contributed by atoms with Crippen LogP contribution >= 0.6 is 24.0 Å². The Bertz CT molecular complexity index is 2040. The van der Waals surface area contributed by atoms with E-state index in [1.54, 1.807) is 0 Å². The average molecular weight is 688 g/mol. The summed E-state index contributed by atoms with van der Waals surface area (Å²) in [5.74, 6) is 0. The molecule has 5 aromatic carbocycles. The molecule has 0 amide bonds. The van der Waals surface area contributed by atoms with Crippen molar-refractivity contribution < 1.29 is 4.58 Å². The van der Waals surface area contributed by atoms with Crippen LogP contribution in [-0.2, 0) is 10.8 Å². The van der Waals surface area contributed by atoms with Gasteiger partial charge in [-0.25, -0.2) is 0 Å². The van der Waals surface area contributed by atoms with Crippen LogP contribution in [0.5, 0.6) is 0 Å². The Morgan fingerprint density at radius 3 is 1.95 bits per heavy atom. The molecule has 0 spiro atoms. The van der Waals surface area contributed by atoms with Gasteiger partial charge in [0.25, 0.3) is 0 Å². The van der Waals surface area contributed by atoms with Crippen molar-refractivity contribution in [2.75, 3.05) is 19.0 Å². The lowest BCUT2D eigenvalue weighted by molar-refractivity contribution is -0.401. The summed E-state index contributed by atoms with van der Waals surface area (Å²) < 4.78 is 2.37. The van der Waals surface area contributed by atoms with Crippen molar-refractivity contribution in [3.8, 4) is 0 Å². The Balaban J connectivity index is 0.00000343. The van der Waals surface area contributed by atoms with E-state index in [4.69, 9.17) is 0 Å². The van der Waals surface area contributed by atoms with Crippen LogP contribution in [0.1, 0.15) is 44.4 Å². The number of anilines is 1. The molecule has 2 heterocycles. The highest BCUT2D eigenvalue weighted by atomic mass is 127. The van der Waals surface area contributed by atoms with Crippen LogP contribution in [-0.4, -0.2) is 24.4 Å². The molecule has 0 radical (unpaired) electrons. The molecule has 2 nitrogen and oxygen atoms in total. The van der Waals surface area contributed by atoms with E-state index in [9.17, 15) is 0 Å². The molecule has 0 aliphatic carbocycles. The van der Waals surface area contributed by atoms with E-state index in [2.05, 4.69) is 179 Å². The van der Waals surface area contributed by atoms with E-state index in [0.717, 1.165) is 0 Å². The fraction of sp³-hybridized carbons (Fsp3) is 0.195. The maximum absolute atomic E-state index is 2.37.